The molecule has 0 bridgehead atoms. The molecule has 1 aromatic carbocycles. The van der Waals surface area contributed by atoms with E-state index in [9.17, 15) is 9.90 Å². The molecule has 0 aromatic heterocycles. The molecule has 14 heavy (non-hydrogen) atoms. The topological polar surface area (TPSA) is 40.5 Å². The minimum atomic E-state index is -0.118. The van der Waals surface area contributed by atoms with Crippen molar-refractivity contribution in [1.82, 2.24) is 4.90 Å². The fourth-order valence-corrected chi connectivity index (χ4v) is 1.89. The first-order chi connectivity index (χ1) is 6.61. The quantitative estimate of drug-likeness (QED) is 0.709. The summed E-state index contributed by atoms with van der Waals surface area (Å²) in [6.45, 7) is 0.701. The third kappa shape index (κ3) is 1.24. The maximum Gasteiger partial charge on any atom is 0.255 e. The van der Waals surface area contributed by atoms with Crippen LogP contribution in [0.15, 0.2) is 12.1 Å². The van der Waals surface area contributed by atoms with Gasteiger partial charge in [-0.1, -0.05) is 17.7 Å². The van der Waals surface area contributed by atoms with Gasteiger partial charge in [0.1, 0.15) is 5.75 Å². The second-order valence-electron chi connectivity index (χ2n) is 3.41. The Hall–Kier alpha value is -1.22. The third-order valence-electron chi connectivity index (χ3n) is 2.48. The van der Waals surface area contributed by atoms with Gasteiger partial charge in [0, 0.05) is 13.6 Å². The van der Waals surface area contributed by atoms with Crippen LogP contribution in [0.25, 0.3) is 0 Å². The second-order valence-corrected chi connectivity index (χ2v) is 3.79. The van der Waals surface area contributed by atoms with Gasteiger partial charge in [-0.3, -0.25) is 4.79 Å². The van der Waals surface area contributed by atoms with E-state index in [1.54, 1.807) is 18.0 Å². The van der Waals surface area contributed by atoms with Crippen LogP contribution in [-0.2, 0) is 6.42 Å². The number of hydrogen-bond acceptors (Lipinski definition) is 2. The normalized spacial score (nSPS) is 15.6. The SMILES string of the molecule is CN1CCc2ccc(O)c(Cl)c2C1=O. The van der Waals surface area contributed by atoms with E-state index in [1.165, 1.54) is 6.07 Å². The first kappa shape index (κ1) is 9.34. The summed E-state index contributed by atoms with van der Waals surface area (Å²) in [6.07, 6.45) is 0.789. The van der Waals surface area contributed by atoms with Crippen molar-refractivity contribution in [2.75, 3.05) is 13.6 Å². The van der Waals surface area contributed by atoms with Crippen molar-refractivity contribution in [3.05, 3.63) is 28.3 Å². The molecular formula is C10H10ClNO2. The average Bonchev–Trinajstić information content (AvgIpc) is 2.17. The Labute approximate surface area is 86.9 Å². The van der Waals surface area contributed by atoms with Crippen LogP contribution >= 0.6 is 11.6 Å². The number of carbonyl (C=O) groups is 1. The minimum absolute atomic E-state index is 0.0333. The number of likely N-dealkylation sites (N-methyl/N-ethyl adjacent to an activating group) is 1. The number of carbonyl (C=O) groups excluding carboxylic acids is 1. The van der Waals surface area contributed by atoms with Crippen LogP contribution in [0.1, 0.15) is 15.9 Å². The standard InChI is InChI=1S/C10H10ClNO2/c1-12-5-4-6-2-3-7(13)9(11)8(6)10(12)14/h2-3,13H,4-5H2,1H3. The fourth-order valence-electron chi connectivity index (χ4n) is 1.63. The van der Waals surface area contributed by atoms with Crippen molar-refractivity contribution in [1.29, 1.82) is 0 Å². The molecule has 3 nitrogen and oxygen atoms in total. The molecule has 0 unspecified atom stereocenters. The predicted molar refractivity (Wildman–Crippen MR) is 53.8 cm³/mol. The molecule has 0 saturated heterocycles. The number of phenolic OH excluding ortho intramolecular Hbond substituents is 1. The largest absolute Gasteiger partial charge is 0.506 e. The number of nitrogens with zero attached hydrogens (tertiary/aromatic N) is 1. The molecule has 0 radical (unpaired) electrons. The molecule has 0 aliphatic carbocycles. The van der Waals surface area contributed by atoms with Crippen LogP contribution in [0.3, 0.4) is 0 Å². The number of rotatable bonds is 0. The Morgan fingerprint density at radius 1 is 1.50 bits per heavy atom. The van der Waals surface area contributed by atoms with Crippen LogP contribution in [0.5, 0.6) is 5.75 Å². The zero-order chi connectivity index (χ0) is 10.3. The number of benzene rings is 1. The smallest absolute Gasteiger partial charge is 0.255 e. The van der Waals surface area contributed by atoms with Crippen molar-refractivity contribution < 1.29 is 9.90 Å². The van der Waals surface area contributed by atoms with E-state index in [0.717, 1.165) is 12.0 Å². The molecule has 1 aromatic rings. The van der Waals surface area contributed by atoms with E-state index < -0.39 is 0 Å². The number of fused-ring (bicyclic) bond motifs is 1. The van der Waals surface area contributed by atoms with Crippen LogP contribution in [-0.4, -0.2) is 29.5 Å². The maximum absolute atomic E-state index is 11.7. The number of hydrogen-bond donors (Lipinski definition) is 1. The third-order valence-corrected chi connectivity index (χ3v) is 2.87. The maximum atomic E-state index is 11.7. The molecule has 4 heteroatoms. The number of amides is 1. The molecule has 0 atom stereocenters. The second kappa shape index (κ2) is 3.17. The molecule has 0 fully saturated rings. The molecule has 2 rings (SSSR count). The van der Waals surface area contributed by atoms with Gasteiger partial charge in [0.05, 0.1) is 10.6 Å². The van der Waals surface area contributed by atoms with Gasteiger partial charge >= 0.3 is 0 Å². The van der Waals surface area contributed by atoms with Gasteiger partial charge in [-0.2, -0.15) is 0 Å². The lowest BCUT2D eigenvalue weighted by Crippen LogP contribution is -2.34. The summed E-state index contributed by atoms with van der Waals surface area (Å²) in [5, 5.41) is 9.54. The van der Waals surface area contributed by atoms with Crippen LogP contribution in [0.4, 0.5) is 0 Å². The van der Waals surface area contributed by atoms with Gasteiger partial charge in [0.2, 0.25) is 0 Å². The molecule has 0 saturated carbocycles. The van der Waals surface area contributed by atoms with E-state index >= 15 is 0 Å². The monoisotopic (exact) mass is 211 g/mol. The number of halogens is 1. The molecule has 74 valence electrons. The van der Waals surface area contributed by atoms with Gasteiger partial charge in [-0.05, 0) is 18.1 Å². The Balaban J connectivity index is 2.62. The van der Waals surface area contributed by atoms with Crippen molar-refractivity contribution in [3.63, 3.8) is 0 Å². The van der Waals surface area contributed by atoms with E-state index in [2.05, 4.69) is 0 Å². The fraction of sp³-hybridized carbons (Fsp3) is 0.300. The van der Waals surface area contributed by atoms with Crippen molar-refractivity contribution >= 4 is 17.5 Å². The number of aromatic hydroxyl groups is 1. The first-order valence-electron chi connectivity index (χ1n) is 4.37. The van der Waals surface area contributed by atoms with Gasteiger partial charge in [0.25, 0.3) is 5.91 Å². The van der Waals surface area contributed by atoms with Gasteiger partial charge < -0.3 is 10.0 Å². The summed E-state index contributed by atoms with van der Waals surface area (Å²) in [6, 6.07) is 3.28. The lowest BCUT2D eigenvalue weighted by molar-refractivity contribution is 0.0780. The molecule has 1 aliphatic rings. The number of phenols is 1. The van der Waals surface area contributed by atoms with Crippen LogP contribution in [0.2, 0.25) is 5.02 Å². The summed E-state index contributed by atoms with van der Waals surface area (Å²) in [4.78, 5) is 13.3. The molecule has 1 heterocycles. The zero-order valence-corrected chi connectivity index (χ0v) is 8.51. The molecule has 1 N–H and O–H groups in total. The summed E-state index contributed by atoms with van der Waals surface area (Å²) in [5.41, 5.74) is 1.36. The Bertz CT molecular complexity index is 403. The van der Waals surface area contributed by atoms with E-state index in [-0.39, 0.29) is 16.7 Å². The Morgan fingerprint density at radius 3 is 2.93 bits per heavy atom. The molecule has 1 aliphatic heterocycles. The lowest BCUT2D eigenvalue weighted by atomic mass is 9.99. The van der Waals surface area contributed by atoms with Crippen molar-refractivity contribution in [3.8, 4) is 5.75 Å². The van der Waals surface area contributed by atoms with Gasteiger partial charge in [-0.25, -0.2) is 0 Å². The van der Waals surface area contributed by atoms with Gasteiger partial charge in [-0.15, -0.1) is 0 Å². The highest BCUT2D eigenvalue weighted by Gasteiger charge is 2.25. The summed E-state index contributed by atoms with van der Waals surface area (Å²) in [7, 11) is 1.73. The van der Waals surface area contributed by atoms with Crippen molar-refractivity contribution in [2.45, 2.75) is 6.42 Å². The molecule has 0 spiro atoms. The predicted octanol–water partition coefficient (Wildman–Crippen LogP) is 1.67. The van der Waals surface area contributed by atoms with E-state index in [4.69, 9.17) is 11.6 Å². The van der Waals surface area contributed by atoms with Crippen molar-refractivity contribution in [2.24, 2.45) is 0 Å². The van der Waals surface area contributed by atoms with Crippen LogP contribution < -0.4 is 0 Å². The Morgan fingerprint density at radius 2 is 2.21 bits per heavy atom. The highest BCUT2D eigenvalue weighted by Crippen LogP contribution is 2.32. The van der Waals surface area contributed by atoms with Crippen LogP contribution in [0, 0.1) is 0 Å². The zero-order valence-electron chi connectivity index (χ0n) is 7.75. The van der Waals surface area contributed by atoms with E-state index in [1.807, 2.05) is 0 Å². The average molecular weight is 212 g/mol. The molecular weight excluding hydrogens is 202 g/mol. The summed E-state index contributed by atoms with van der Waals surface area (Å²) < 4.78 is 0. The first-order valence-corrected chi connectivity index (χ1v) is 4.75. The summed E-state index contributed by atoms with van der Waals surface area (Å²) in [5.74, 6) is -0.152. The molecule has 1 amide bonds. The van der Waals surface area contributed by atoms with E-state index in [0.29, 0.717) is 12.1 Å². The highest BCUT2D eigenvalue weighted by atomic mass is 35.5. The minimum Gasteiger partial charge on any atom is -0.506 e. The summed E-state index contributed by atoms with van der Waals surface area (Å²) >= 11 is 5.87. The highest BCUT2D eigenvalue weighted by molar-refractivity contribution is 6.35. The van der Waals surface area contributed by atoms with Gasteiger partial charge in [0.15, 0.2) is 0 Å². The Kier molecular flexibility index (Phi) is 2.11. The lowest BCUT2D eigenvalue weighted by Gasteiger charge is -2.25.